The maximum absolute atomic E-state index is 13.4. The van der Waals surface area contributed by atoms with Gasteiger partial charge in [-0.1, -0.05) is 75.8 Å². The molecule has 2 aliphatic rings. The van der Waals surface area contributed by atoms with E-state index in [9.17, 15) is 14.4 Å². The summed E-state index contributed by atoms with van der Waals surface area (Å²) >= 11 is 0. The van der Waals surface area contributed by atoms with Gasteiger partial charge in [0.15, 0.2) is 0 Å². The van der Waals surface area contributed by atoms with Crippen molar-refractivity contribution in [3.63, 3.8) is 0 Å². The monoisotopic (exact) mass is 497 g/mol. The molecular formula is C31H47NO4. The number of unbranched alkanes of at least 4 members (excludes halogenated alkanes) is 8. The van der Waals surface area contributed by atoms with E-state index in [4.69, 9.17) is 4.74 Å². The quantitative estimate of drug-likeness (QED) is 0.137. The second kappa shape index (κ2) is 15.3. The average Bonchev–Trinajstić information content (AvgIpc) is 3.08. The first-order chi connectivity index (χ1) is 17.5. The summed E-state index contributed by atoms with van der Waals surface area (Å²) in [5.41, 5.74) is 0.950. The van der Waals surface area contributed by atoms with Crippen molar-refractivity contribution in [3.05, 3.63) is 35.9 Å². The first-order valence-corrected chi connectivity index (χ1v) is 14.4. The lowest BCUT2D eigenvalue weighted by Crippen LogP contribution is -2.43. The number of nitrogens with zero attached hydrogens (tertiary/aromatic N) is 1. The molecule has 0 aliphatic carbocycles. The Kier molecular flexibility index (Phi) is 12.1. The summed E-state index contributed by atoms with van der Waals surface area (Å²) in [5.74, 6) is -0.450. The van der Waals surface area contributed by atoms with E-state index in [0.717, 1.165) is 56.8 Å². The van der Waals surface area contributed by atoms with Crippen molar-refractivity contribution in [2.45, 2.75) is 127 Å². The van der Waals surface area contributed by atoms with E-state index in [1.54, 1.807) is 0 Å². The lowest BCUT2D eigenvalue weighted by Gasteiger charge is -2.36. The third kappa shape index (κ3) is 8.83. The summed E-state index contributed by atoms with van der Waals surface area (Å²) in [6.07, 6.45) is 15.9. The number of carbonyl (C=O) groups excluding carboxylic acids is 3. The molecule has 2 bridgehead atoms. The van der Waals surface area contributed by atoms with E-state index in [1.165, 1.54) is 32.1 Å². The topological polar surface area (TPSA) is 63.7 Å². The summed E-state index contributed by atoms with van der Waals surface area (Å²) in [5, 5.41) is 0. The van der Waals surface area contributed by atoms with Crippen LogP contribution in [0.2, 0.25) is 0 Å². The highest BCUT2D eigenvalue weighted by molar-refractivity contribution is 5.83. The van der Waals surface area contributed by atoms with Gasteiger partial charge in [0.05, 0.1) is 5.92 Å². The molecule has 2 saturated heterocycles. The molecule has 0 spiro atoms. The fourth-order valence-corrected chi connectivity index (χ4v) is 6.08. The third-order valence-electron chi connectivity index (χ3n) is 8.46. The summed E-state index contributed by atoms with van der Waals surface area (Å²) < 4.78 is 6.09. The molecule has 0 saturated carbocycles. The number of piperidine rings is 1. The minimum atomic E-state index is -0.387. The van der Waals surface area contributed by atoms with Crippen LogP contribution in [0, 0.1) is 5.92 Å². The van der Waals surface area contributed by atoms with E-state index < -0.39 is 0 Å². The molecule has 0 amide bonds. The van der Waals surface area contributed by atoms with Crippen LogP contribution in [0.4, 0.5) is 0 Å². The second-order valence-electron chi connectivity index (χ2n) is 11.2. The smallest absolute Gasteiger partial charge is 0.313 e. The van der Waals surface area contributed by atoms with Crippen LogP contribution in [0.15, 0.2) is 30.3 Å². The van der Waals surface area contributed by atoms with Gasteiger partial charge in [0.25, 0.3) is 0 Å². The number of hydrogen-bond donors (Lipinski definition) is 0. The normalized spacial score (nSPS) is 23.2. The van der Waals surface area contributed by atoms with Gasteiger partial charge in [-0.3, -0.25) is 9.59 Å². The van der Waals surface area contributed by atoms with Gasteiger partial charge in [-0.05, 0) is 57.6 Å². The van der Waals surface area contributed by atoms with Crippen LogP contribution in [-0.2, 0) is 19.1 Å². The SMILES string of the molecule is CC(CC(C(=O)OC1CC2CCC(C1)N2C)c1ccccc1)C(=O)CCCCCCCCCCC=O. The highest BCUT2D eigenvalue weighted by Crippen LogP contribution is 2.36. The Bertz CT molecular complexity index is 796. The predicted molar refractivity (Wildman–Crippen MR) is 144 cm³/mol. The summed E-state index contributed by atoms with van der Waals surface area (Å²) in [4.78, 5) is 39.1. The zero-order valence-corrected chi connectivity index (χ0v) is 22.5. The Morgan fingerprint density at radius 2 is 1.53 bits per heavy atom. The molecule has 3 rings (SSSR count). The average molecular weight is 498 g/mol. The van der Waals surface area contributed by atoms with Crippen LogP contribution in [0.3, 0.4) is 0 Å². The number of esters is 1. The van der Waals surface area contributed by atoms with Crippen LogP contribution in [0.1, 0.15) is 115 Å². The Labute approximate surface area is 218 Å². The fraction of sp³-hybridized carbons (Fsp3) is 0.710. The standard InChI is InChI=1S/C31H47NO4/c1-24(30(34)17-13-8-6-4-3-5-7-9-14-20-33)21-29(25-15-11-10-12-16-25)31(35)36-28-22-26-18-19-27(23-28)32(26)2/h10-12,15-16,20,24,26-29H,3-9,13-14,17-19,21-23H2,1-2H3. The summed E-state index contributed by atoms with van der Waals surface area (Å²) in [7, 11) is 2.19. The highest BCUT2D eigenvalue weighted by Gasteiger charge is 2.40. The van der Waals surface area contributed by atoms with Gasteiger partial charge < -0.3 is 14.4 Å². The molecule has 4 atom stereocenters. The second-order valence-corrected chi connectivity index (χ2v) is 11.2. The van der Waals surface area contributed by atoms with Crippen molar-refractivity contribution in [3.8, 4) is 0 Å². The molecule has 0 aromatic heterocycles. The molecular weight excluding hydrogens is 450 g/mol. The van der Waals surface area contributed by atoms with Crippen LogP contribution in [0.5, 0.6) is 0 Å². The van der Waals surface area contributed by atoms with Crippen LogP contribution in [-0.4, -0.2) is 48.2 Å². The third-order valence-corrected chi connectivity index (χ3v) is 8.46. The molecule has 36 heavy (non-hydrogen) atoms. The number of Topliss-reactive ketones (excluding diaryl/α,β-unsaturated/α-hetero) is 1. The molecule has 200 valence electrons. The first-order valence-electron chi connectivity index (χ1n) is 14.4. The molecule has 0 radical (unpaired) electrons. The van der Waals surface area contributed by atoms with E-state index in [2.05, 4.69) is 11.9 Å². The molecule has 5 nitrogen and oxygen atoms in total. The molecule has 0 N–H and O–H groups in total. The van der Waals surface area contributed by atoms with Crippen molar-refractivity contribution in [2.24, 2.45) is 5.92 Å². The highest BCUT2D eigenvalue weighted by atomic mass is 16.5. The Balaban J connectivity index is 1.42. The van der Waals surface area contributed by atoms with Crippen molar-refractivity contribution in [1.29, 1.82) is 0 Å². The number of benzene rings is 1. The molecule has 2 fully saturated rings. The predicted octanol–water partition coefficient (Wildman–Crippen LogP) is 6.63. The zero-order chi connectivity index (χ0) is 25.8. The van der Waals surface area contributed by atoms with E-state index in [1.807, 2.05) is 37.3 Å². The number of ether oxygens (including phenoxy) is 1. The van der Waals surface area contributed by atoms with Crippen LogP contribution < -0.4 is 0 Å². The van der Waals surface area contributed by atoms with Crippen molar-refractivity contribution < 1.29 is 19.1 Å². The van der Waals surface area contributed by atoms with Gasteiger partial charge in [0.1, 0.15) is 18.2 Å². The molecule has 1 aromatic rings. The van der Waals surface area contributed by atoms with Gasteiger partial charge in [-0.2, -0.15) is 0 Å². The molecule has 5 heteroatoms. The Hall–Kier alpha value is -2.01. The molecule has 4 unspecified atom stereocenters. The zero-order valence-electron chi connectivity index (χ0n) is 22.5. The number of fused-ring (bicyclic) bond motifs is 2. The van der Waals surface area contributed by atoms with Crippen LogP contribution in [0.25, 0.3) is 0 Å². The van der Waals surface area contributed by atoms with E-state index in [0.29, 0.717) is 31.3 Å². The van der Waals surface area contributed by atoms with Crippen LogP contribution >= 0.6 is 0 Å². The number of hydrogen-bond acceptors (Lipinski definition) is 5. The van der Waals surface area contributed by atoms with E-state index >= 15 is 0 Å². The van der Waals surface area contributed by atoms with Crippen molar-refractivity contribution in [1.82, 2.24) is 4.90 Å². The van der Waals surface area contributed by atoms with Gasteiger partial charge in [0.2, 0.25) is 0 Å². The first kappa shape index (κ1) is 28.6. The maximum Gasteiger partial charge on any atom is 0.313 e. The number of aldehydes is 1. The lowest BCUT2D eigenvalue weighted by atomic mass is 9.86. The van der Waals surface area contributed by atoms with E-state index in [-0.39, 0.29) is 29.7 Å². The number of rotatable bonds is 17. The van der Waals surface area contributed by atoms with Crippen molar-refractivity contribution in [2.75, 3.05) is 7.05 Å². The maximum atomic E-state index is 13.4. The largest absolute Gasteiger partial charge is 0.462 e. The summed E-state index contributed by atoms with van der Waals surface area (Å²) in [6.45, 7) is 1.97. The summed E-state index contributed by atoms with van der Waals surface area (Å²) in [6, 6.07) is 10.9. The Morgan fingerprint density at radius 3 is 2.14 bits per heavy atom. The van der Waals surface area contributed by atoms with Crippen molar-refractivity contribution >= 4 is 18.0 Å². The van der Waals surface area contributed by atoms with Gasteiger partial charge in [0, 0.05) is 30.8 Å². The Morgan fingerprint density at radius 1 is 0.944 bits per heavy atom. The number of ketones is 1. The molecule has 2 aliphatic heterocycles. The minimum Gasteiger partial charge on any atom is -0.462 e. The van der Waals surface area contributed by atoms with Gasteiger partial charge >= 0.3 is 5.97 Å². The molecule has 2 heterocycles. The number of carbonyl (C=O) groups is 3. The van der Waals surface area contributed by atoms with Gasteiger partial charge in [-0.25, -0.2) is 0 Å². The lowest BCUT2D eigenvalue weighted by molar-refractivity contribution is -0.154. The minimum absolute atomic E-state index is 0.00607. The van der Waals surface area contributed by atoms with Gasteiger partial charge in [-0.15, -0.1) is 0 Å². The molecule has 1 aromatic carbocycles. The fourth-order valence-electron chi connectivity index (χ4n) is 6.08.